The highest BCUT2D eigenvalue weighted by atomic mass is 16.6. The molecular formula is C20H21N3O7. The number of methoxy groups -OCH3 is 1. The van der Waals surface area contributed by atoms with Gasteiger partial charge in [0.05, 0.1) is 18.1 Å². The topological polar surface area (TPSA) is 137 Å². The Balaban J connectivity index is 1.85. The van der Waals surface area contributed by atoms with Gasteiger partial charge in [0.25, 0.3) is 17.5 Å². The average Bonchev–Trinajstić information content (AvgIpc) is 2.69. The summed E-state index contributed by atoms with van der Waals surface area (Å²) in [6.45, 7) is 2.61. The van der Waals surface area contributed by atoms with Gasteiger partial charge in [-0.1, -0.05) is 17.2 Å². The Kier molecular flexibility index (Phi) is 7.45. The summed E-state index contributed by atoms with van der Waals surface area (Å²) in [6, 6.07) is 9.19. The van der Waals surface area contributed by atoms with E-state index in [0.717, 1.165) is 17.2 Å². The quantitative estimate of drug-likeness (QED) is 0.383. The molecule has 0 aliphatic carbocycles. The van der Waals surface area contributed by atoms with E-state index in [-0.39, 0.29) is 17.1 Å². The number of carbonyl (C=O) groups is 3. The number of hydrogen-bond donors (Lipinski definition) is 2. The Hall–Kier alpha value is -3.95. The third-order valence-electron chi connectivity index (χ3n) is 3.92. The number of amides is 2. The number of hydrogen-bond acceptors (Lipinski definition) is 7. The Morgan fingerprint density at radius 3 is 2.33 bits per heavy atom. The normalized spacial score (nSPS) is 10.1. The first-order valence-electron chi connectivity index (χ1n) is 8.84. The van der Waals surface area contributed by atoms with Gasteiger partial charge in [-0.15, -0.1) is 0 Å². The van der Waals surface area contributed by atoms with E-state index < -0.39 is 35.9 Å². The summed E-state index contributed by atoms with van der Waals surface area (Å²) in [7, 11) is 1.36. The fourth-order valence-electron chi connectivity index (χ4n) is 2.64. The molecule has 0 heterocycles. The molecule has 158 valence electrons. The van der Waals surface area contributed by atoms with Crippen molar-refractivity contribution in [2.75, 3.05) is 25.6 Å². The summed E-state index contributed by atoms with van der Waals surface area (Å²) in [4.78, 5) is 46.3. The summed E-state index contributed by atoms with van der Waals surface area (Å²) in [5.74, 6) is -1.79. The molecular weight excluding hydrogens is 394 g/mol. The highest BCUT2D eigenvalue weighted by Gasteiger charge is 2.18. The van der Waals surface area contributed by atoms with Crippen LogP contribution >= 0.6 is 0 Å². The Morgan fingerprint density at radius 1 is 1.07 bits per heavy atom. The van der Waals surface area contributed by atoms with Crippen molar-refractivity contribution >= 4 is 29.2 Å². The van der Waals surface area contributed by atoms with Gasteiger partial charge in [0.15, 0.2) is 6.61 Å². The van der Waals surface area contributed by atoms with Crippen LogP contribution in [-0.2, 0) is 14.3 Å². The first-order chi connectivity index (χ1) is 14.2. The maximum atomic E-state index is 12.1. The van der Waals surface area contributed by atoms with Crippen molar-refractivity contribution in [2.45, 2.75) is 13.8 Å². The number of nitro benzene ring substituents is 1. The van der Waals surface area contributed by atoms with Crippen LogP contribution in [0.15, 0.2) is 36.4 Å². The van der Waals surface area contributed by atoms with Crippen molar-refractivity contribution in [1.29, 1.82) is 0 Å². The molecule has 0 saturated heterocycles. The van der Waals surface area contributed by atoms with E-state index in [9.17, 15) is 24.5 Å². The number of esters is 1. The zero-order chi connectivity index (χ0) is 22.3. The van der Waals surface area contributed by atoms with Crippen LogP contribution in [0.25, 0.3) is 0 Å². The first-order valence-corrected chi connectivity index (χ1v) is 8.84. The Bertz CT molecular complexity index is 968. The predicted octanol–water partition coefficient (Wildman–Crippen LogP) is 2.13. The van der Waals surface area contributed by atoms with E-state index in [2.05, 4.69) is 10.6 Å². The number of aryl methyl sites for hydroxylation is 2. The molecule has 0 saturated carbocycles. The lowest BCUT2D eigenvalue weighted by molar-refractivity contribution is -0.384. The monoisotopic (exact) mass is 415 g/mol. The summed E-state index contributed by atoms with van der Waals surface area (Å²) >= 11 is 0. The fourth-order valence-corrected chi connectivity index (χ4v) is 2.64. The van der Waals surface area contributed by atoms with Crippen LogP contribution in [0.4, 0.5) is 11.4 Å². The highest BCUT2D eigenvalue weighted by Crippen LogP contribution is 2.28. The number of nitrogens with one attached hydrogen (secondary N) is 2. The Morgan fingerprint density at radius 2 is 1.73 bits per heavy atom. The minimum absolute atomic E-state index is 0.0648. The largest absolute Gasteiger partial charge is 0.496 e. The van der Waals surface area contributed by atoms with Crippen molar-refractivity contribution in [3.05, 3.63) is 63.2 Å². The van der Waals surface area contributed by atoms with Gasteiger partial charge in [-0.25, -0.2) is 0 Å². The molecule has 10 heteroatoms. The number of nitrogens with zero attached hydrogens (tertiary/aromatic N) is 1. The second-order valence-corrected chi connectivity index (χ2v) is 6.41. The van der Waals surface area contributed by atoms with Crippen molar-refractivity contribution < 1.29 is 28.8 Å². The molecule has 2 aromatic rings. The Labute approximate surface area is 172 Å². The molecule has 30 heavy (non-hydrogen) atoms. The van der Waals surface area contributed by atoms with Crippen LogP contribution in [0.3, 0.4) is 0 Å². The summed E-state index contributed by atoms with van der Waals surface area (Å²) in [5.41, 5.74) is 1.80. The predicted molar refractivity (Wildman–Crippen MR) is 107 cm³/mol. The lowest BCUT2D eigenvalue weighted by Crippen LogP contribution is -2.32. The fraction of sp³-hybridized carbons (Fsp3) is 0.250. The smallest absolute Gasteiger partial charge is 0.325 e. The SMILES string of the molecule is COc1ccc(NC(=O)COC(=O)CNC(=O)c2cc(C)cc(C)c2)c([N+](=O)[O-])c1. The number of ether oxygens (including phenoxy) is 2. The third kappa shape index (κ3) is 6.30. The molecule has 0 aliphatic heterocycles. The number of nitro groups is 1. The van der Waals surface area contributed by atoms with Crippen LogP contribution in [0, 0.1) is 24.0 Å². The zero-order valence-electron chi connectivity index (χ0n) is 16.7. The number of rotatable bonds is 8. The van der Waals surface area contributed by atoms with E-state index in [4.69, 9.17) is 9.47 Å². The summed E-state index contributed by atoms with van der Waals surface area (Å²) < 4.78 is 9.71. The molecule has 2 N–H and O–H groups in total. The molecule has 0 unspecified atom stereocenters. The van der Waals surface area contributed by atoms with E-state index in [0.29, 0.717) is 5.56 Å². The third-order valence-corrected chi connectivity index (χ3v) is 3.92. The number of anilines is 1. The lowest BCUT2D eigenvalue weighted by Gasteiger charge is -2.09. The molecule has 0 atom stereocenters. The second-order valence-electron chi connectivity index (χ2n) is 6.41. The van der Waals surface area contributed by atoms with Gasteiger partial charge >= 0.3 is 5.97 Å². The average molecular weight is 415 g/mol. The number of carbonyl (C=O) groups excluding carboxylic acids is 3. The molecule has 0 aromatic heterocycles. The lowest BCUT2D eigenvalue weighted by atomic mass is 10.1. The molecule has 10 nitrogen and oxygen atoms in total. The van der Waals surface area contributed by atoms with Crippen LogP contribution in [0.2, 0.25) is 0 Å². The standard InChI is InChI=1S/C20H21N3O7/c1-12-6-13(2)8-14(7-12)20(26)21-10-19(25)30-11-18(24)22-16-5-4-15(29-3)9-17(16)23(27)28/h4-9H,10-11H2,1-3H3,(H,21,26)(H,22,24). The molecule has 0 fully saturated rings. The molecule has 0 spiro atoms. The minimum atomic E-state index is -0.827. The van der Waals surface area contributed by atoms with Gasteiger partial charge < -0.3 is 20.1 Å². The zero-order valence-corrected chi connectivity index (χ0v) is 16.7. The van der Waals surface area contributed by atoms with Gasteiger partial charge in [0, 0.05) is 5.56 Å². The van der Waals surface area contributed by atoms with E-state index in [1.54, 1.807) is 12.1 Å². The van der Waals surface area contributed by atoms with Crippen molar-refractivity contribution in [3.8, 4) is 5.75 Å². The van der Waals surface area contributed by atoms with Gasteiger partial charge in [0.2, 0.25) is 0 Å². The maximum absolute atomic E-state index is 12.1. The van der Waals surface area contributed by atoms with Crippen LogP contribution in [-0.4, -0.2) is 43.0 Å². The van der Waals surface area contributed by atoms with Crippen molar-refractivity contribution in [1.82, 2.24) is 5.32 Å². The summed E-state index contributed by atoms with van der Waals surface area (Å²) in [5, 5.41) is 15.8. The van der Waals surface area contributed by atoms with Gasteiger partial charge in [-0.2, -0.15) is 0 Å². The molecule has 2 amide bonds. The van der Waals surface area contributed by atoms with Crippen LogP contribution in [0.5, 0.6) is 5.75 Å². The van der Waals surface area contributed by atoms with Crippen molar-refractivity contribution in [2.24, 2.45) is 0 Å². The van der Waals surface area contributed by atoms with Gasteiger partial charge in [0.1, 0.15) is 18.0 Å². The molecule has 2 rings (SSSR count). The van der Waals surface area contributed by atoms with Crippen LogP contribution in [0.1, 0.15) is 21.5 Å². The second kappa shape index (κ2) is 10.0. The minimum Gasteiger partial charge on any atom is -0.496 e. The van der Waals surface area contributed by atoms with Crippen molar-refractivity contribution in [3.63, 3.8) is 0 Å². The van der Waals surface area contributed by atoms with E-state index in [1.165, 1.54) is 19.2 Å². The number of benzene rings is 2. The molecule has 0 bridgehead atoms. The summed E-state index contributed by atoms with van der Waals surface area (Å²) in [6.07, 6.45) is 0. The molecule has 0 radical (unpaired) electrons. The van der Waals surface area contributed by atoms with Gasteiger partial charge in [-0.05, 0) is 38.1 Å². The highest BCUT2D eigenvalue weighted by molar-refractivity contribution is 5.97. The van der Waals surface area contributed by atoms with E-state index in [1.807, 2.05) is 19.9 Å². The maximum Gasteiger partial charge on any atom is 0.325 e. The van der Waals surface area contributed by atoms with E-state index >= 15 is 0 Å². The first kappa shape index (κ1) is 22.3. The molecule has 2 aromatic carbocycles. The molecule has 0 aliphatic rings. The van der Waals surface area contributed by atoms with Crippen LogP contribution < -0.4 is 15.4 Å². The van der Waals surface area contributed by atoms with Gasteiger partial charge in [-0.3, -0.25) is 24.5 Å².